The quantitative estimate of drug-likeness (QED) is 0.862. The van der Waals surface area contributed by atoms with Gasteiger partial charge < -0.3 is 9.64 Å². The molecule has 2 aliphatic rings. The maximum absolute atomic E-state index is 12.2. The molecule has 1 heterocycles. The number of carbonyl (C=O) groups excluding carboxylic acids is 1. The SMILES string of the molecule is O=C(OCc1ccccc1)N1CC[C@@]2(CC[C@H](CS)C2)C1. The Hall–Kier alpha value is -1.16. The molecular formula is C17H23NO2S. The molecule has 1 aliphatic heterocycles. The fraction of sp³-hybridized carbons (Fsp3) is 0.588. The van der Waals surface area contributed by atoms with E-state index in [2.05, 4.69) is 12.6 Å². The first-order valence-corrected chi connectivity index (χ1v) is 8.40. The van der Waals surface area contributed by atoms with E-state index >= 15 is 0 Å². The molecular weight excluding hydrogens is 282 g/mol. The fourth-order valence-electron chi connectivity index (χ4n) is 3.75. The Kier molecular flexibility index (Phi) is 4.43. The van der Waals surface area contributed by atoms with Crippen LogP contribution in [0.5, 0.6) is 0 Å². The maximum Gasteiger partial charge on any atom is 0.410 e. The zero-order chi connectivity index (χ0) is 14.7. The number of carbonyl (C=O) groups is 1. The summed E-state index contributed by atoms with van der Waals surface area (Å²) in [5, 5.41) is 0. The average molecular weight is 305 g/mol. The Labute approximate surface area is 132 Å². The molecule has 4 heteroatoms. The van der Waals surface area contributed by atoms with Crippen molar-refractivity contribution in [1.82, 2.24) is 4.90 Å². The number of hydrogen-bond donors (Lipinski definition) is 1. The third-order valence-corrected chi connectivity index (χ3v) is 5.48. The summed E-state index contributed by atoms with van der Waals surface area (Å²) in [6.45, 7) is 2.07. The number of ether oxygens (including phenoxy) is 1. The lowest BCUT2D eigenvalue weighted by atomic mass is 9.85. The molecule has 1 aliphatic carbocycles. The molecule has 1 spiro atoms. The maximum atomic E-state index is 12.2. The number of thiol groups is 1. The summed E-state index contributed by atoms with van der Waals surface area (Å²) in [6.07, 6.45) is 4.68. The summed E-state index contributed by atoms with van der Waals surface area (Å²) >= 11 is 4.42. The molecule has 0 aromatic heterocycles. The molecule has 1 saturated heterocycles. The lowest BCUT2D eigenvalue weighted by molar-refractivity contribution is 0.0995. The van der Waals surface area contributed by atoms with Gasteiger partial charge in [-0.25, -0.2) is 4.79 Å². The van der Waals surface area contributed by atoms with Crippen LogP contribution in [0.1, 0.15) is 31.2 Å². The van der Waals surface area contributed by atoms with Gasteiger partial charge in [0.15, 0.2) is 0 Å². The van der Waals surface area contributed by atoms with E-state index in [1.54, 1.807) is 0 Å². The van der Waals surface area contributed by atoms with Crippen molar-refractivity contribution in [2.75, 3.05) is 18.8 Å². The van der Waals surface area contributed by atoms with Crippen LogP contribution in [0.4, 0.5) is 4.79 Å². The molecule has 2 fully saturated rings. The highest BCUT2D eigenvalue weighted by Gasteiger charge is 2.45. The van der Waals surface area contributed by atoms with E-state index < -0.39 is 0 Å². The third kappa shape index (κ3) is 3.37. The van der Waals surface area contributed by atoms with Crippen LogP contribution in [0.3, 0.4) is 0 Å². The Morgan fingerprint density at radius 2 is 2.14 bits per heavy atom. The van der Waals surface area contributed by atoms with Crippen LogP contribution >= 0.6 is 12.6 Å². The second-order valence-electron chi connectivity index (χ2n) is 6.50. The number of hydrogen-bond acceptors (Lipinski definition) is 3. The van der Waals surface area contributed by atoms with Gasteiger partial charge in [-0.2, -0.15) is 12.6 Å². The predicted molar refractivity (Wildman–Crippen MR) is 86.4 cm³/mol. The normalized spacial score (nSPS) is 28.2. The lowest BCUT2D eigenvalue weighted by Crippen LogP contribution is -2.31. The highest BCUT2D eigenvalue weighted by molar-refractivity contribution is 7.80. The van der Waals surface area contributed by atoms with Crippen molar-refractivity contribution < 1.29 is 9.53 Å². The molecule has 1 aromatic rings. The van der Waals surface area contributed by atoms with E-state index in [1.807, 2.05) is 35.2 Å². The predicted octanol–water partition coefficient (Wildman–Crippen LogP) is 3.75. The van der Waals surface area contributed by atoms with Crippen molar-refractivity contribution in [2.24, 2.45) is 11.3 Å². The van der Waals surface area contributed by atoms with Crippen LogP contribution in [0.15, 0.2) is 30.3 Å². The monoisotopic (exact) mass is 305 g/mol. The molecule has 1 aromatic carbocycles. The molecule has 114 valence electrons. The molecule has 1 saturated carbocycles. The summed E-state index contributed by atoms with van der Waals surface area (Å²) < 4.78 is 5.44. The second-order valence-corrected chi connectivity index (χ2v) is 6.87. The highest BCUT2D eigenvalue weighted by atomic mass is 32.1. The van der Waals surface area contributed by atoms with E-state index in [0.29, 0.717) is 12.0 Å². The summed E-state index contributed by atoms with van der Waals surface area (Å²) in [5.74, 6) is 1.70. The average Bonchev–Trinajstić information content (AvgIpc) is 3.13. The third-order valence-electron chi connectivity index (χ3n) is 4.96. The first kappa shape index (κ1) is 14.8. The van der Waals surface area contributed by atoms with Gasteiger partial charge in [-0.3, -0.25) is 0 Å². The van der Waals surface area contributed by atoms with Crippen LogP contribution in [0, 0.1) is 11.3 Å². The molecule has 0 radical (unpaired) electrons. The van der Waals surface area contributed by atoms with Crippen molar-refractivity contribution in [3.63, 3.8) is 0 Å². The van der Waals surface area contributed by atoms with Crippen LogP contribution in [0.2, 0.25) is 0 Å². The van der Waals surface area contributed by atoms with Crippen molar-refractivity contribution in [2.45, 2.75) is 32.3 Å². The Bertz CT molecular complexity index is 493. The minimum Gasteiger partial charge on any atom is -0.445 e. The smallest absolute Gasteiger partial charge is 0.410 e. The van der Waals surface area contributed by atoms with Gasteiger partial charge in [0.05, 0.1) is 0 Å². The van der Waals surface area contributed by atoms with Gasteiger partial charge in [0, 0.05) is 13.1 Å². The largest absolute Gasteiger partial charge is 0.445 e. The Balaban J connectivity index is 1.51. The summed E-state index contributed by atoms with van der Waals surface area (Å²) in [6, 6.07) is 9.85. The molecule has 21 heavy (non-hydrogen) atoms. The van der Waals surface area contributed by atoms with E-state index in [0.717, 1.165) is 36.7 Å². The zero-order valence-electron chi connectivity index (χ0n) is 12.3. The van der Waals surface area contributed by atoms with Crippen LogP contribution < -0.4 is 0 Å². The van der Waals surface area contributed by atoms with E-state index in [1.165, 1.54) is 19.3 Å². The Morgan fingerprint density at radius 1 is 1.33 bits per heavy atom. The summed E-state index contributed by atoms with van der Waals surface area (Å²) in [4.78, 5) is 14.1. The van der Waals surface area contributed by atoms with Gasteiger partial charge in [0.1, 0.15) is 6.61 Å². The fourth-order valence-corrected chi connectivity index (χ4v) is 4.07. The number of amides is 1. The highest BCUT2D eigenvalue weighted by Crippen LogP contribution is 2.48. The van der Waals surface area contributed by atoms with Gasteiger partial charge in [-0.1, -0.05) is 30.3 Å². The Morgan fingerprint density at radius 3 is 2.86 bits per heavy atom. The van der Waals surface area contributed by atoms with Gasteiger partial charge in [-0.15, -0.1) is 0 Å². The number of rotatable bonds is 3. The van der Waals surface area contributed by atoms with Crippen LogP contribution in [-0.4, -0.2) is 29.8 Å². The van der Waals surface area contributed by atoms with Crippen molar-refractivity contribution >= 4 is 18.7 Å². The molecule has 0 unspecified atom stereocenters. The zero-order valence-corrected chi connectivity index (χ0v) is 13.2. The minimum atomic E-state index is -0.162. The first-order chi connectivity index (χ1) is 10.2. The molecule has 3 rings (SSSR count). The van der Waals surface area contributed by atoms with Crippen LogP contribution in [0.25, 0.3) is 0 Å². The van der Waals surface area contributed by atoms with Crippen molar-refractivity contribution in [1.29, 1.82) is 0 Å². The molecule has 3 nitrogen and oxygen atoms in total. The first-order valence-electron chi connectivity index (χ1n) is 7.77. The number of likely N-dealkylation sites (tertiary alicyclic amines) is 1. The molecule has 1 amide bonds. The molecule has 2 atom stereocenters. The second kappa shape index (κ2) is 6.30. The van der Waals surface area contributed by atoms with E-state index in [-0.39, 0.29) is 6.09 Å². The summed E-state index contributed by atoms with van der Waals surface area (Å²) in [5.41, 5.74) is 1.38. The number of benzene rings is 1. The molecule has 0 bridgehead atoms. The van der Waals surface area contributed by atoms with E-state index in [4.69, 9.17) is 4.74 Å². The topological polar surface area (TPSA) is 29.5 Å². The molecule has 0 N–H and O–H groups in total. The van der Waals surface area contributed by atoms with Gasteiger partial charge in [0.2, 0.25) is 0 Å². The van der Waals surface area contributed by atoms with Gasteiger partial charge in [0.25, 0.3) is 0 Å². The minimum absolute atomic E-state index is 0.162. The van der Waals surface area contributed by atoms with Crippen molar-refractivity contribution in [3.05, 3.63) is 35.9 Å². The van der Waals surface area contributed by atoms with Gasteiger partial charge >= 0.3 is 6.09 Å². The lowest BCUT2D eigenvalue weighted by Gasteiger charge is -2.23. The summed E-state index contributed by atoms with van der Waals surface area (Å²) in [7, 11) is 0. The van der Waals surface area contributed by atoms with Gasteiger partial charge in [-0.05, 0) is 48.3 Å². The number of nitrogens with zero attached hydrogens (tertiary/aromatic N) is 1. The standard InChI is InChI=1S/C17H23NO2S/c19-16(20-11-14-4-2-1-3-5-14)18-9-8-17(13-18)7-6-15(10-17)12-21/h1-5,15,21H,6-13H2/t15-,17+/m0/s1. The van der Waals surface area contributed by atoms with E-state index in [9.17, 15) is 4.79 Å². The van der Waals surface area contributed by atoms with Crippen molar-refractivity contribution in [3.8, 4) is 0 Å². The van der Waals surface area contributed by atoms with Crippen LogP contribution in [-0.2, 0) is 11.3 Å².